The van der Waals surface area contributed by atoms with E-state index in [1.165, 1.54) is 31.5 Å². The molecule has 0 spiro atoms. The van der Waals surface area contributed by atoms with Crippen molar-refractivity contribution in [2.24, 2.45) is 0 Å². The number of amides is 1. The number of alkyl halides is 3. The Morgan fingerprint density at radius 1 is 1.16 bits per heavy atom. The molecule has 1 aromatic heterocycles. The Balaban J connectivity index is 2.22. The lowest BCUT2D eigenvalue weighted by atomic mass is 10.0. The standard InChI is InChI=1S/C24H22ClF5N4O3/c1-23(2,37)22-33-20(32-21(36)12-8-13(24(28,29)30)10-15(27)9-12)19(34(22)6-7-35)18(31-3)16-11-14(26)4-5-17(16)25/h4-5,7-11,18,31,37H,6H2,1-3H3,(H,32,36). The van der Waals surface area contributed by atoms with Crippen LogP contribution in [0.25, 0.3) is 0 Å². The first-order chi connectivity index (χ1) is 17.2. The molecule has 2 aromatic carbocycles. The van der Waals surface area contributed by atoms with Crippen LogP contribution >= 0.6 is 11.6 Å². The first kappa shape index (κ1) is 28.2. The Hall–Kier alpha value is -3.35. The van der Waals surface area contributed by atoms with Gasteiger partial charge in [0, 0.05) is 10.6 Å². The topological polar surface area (TPSA) is 96.2 Å². The van der Waals surface area contributed by atoms with Crippen LogP contribution < -0.4 is 10.6 Å². The summed E-state index contributed by atoms with van der Waals surface area (Å²) in [6, 6.07) is 3.83. The molecule has 0 saturated carbocycles. The second kappa shape index (κ2) is 10.6. The molecule has 3 N–H and O–H groups in total. The van der Waals surface area contributed by atoms with Crippen LogP contribution in [0.4, 0.5) is 27.8 Å². The fraction of sp³-hybridized carbons (Fsp3) is 0.292. The van der Waals surface area contributed by atoms with Crippen LogP contribution in [-0.4, -0.2) is 33.9 Å². The third kappa shape index (κ3) is 6.14. The summed E-state index contributed by atoms with van der Waals surface area (Å²) < 4.78 is 68.8. The fourth-order valence-electron chi connectivity index (χ4n) is 3.82. The molecule has 0 saturated heterocycles. The molecular weight excluding hydrogens is 523 g/mol. The van der Waals surface area contributed by atoms with Crippen LogP contribution in [0.1, 0.15) is 52.9 Å². The predicted molar refractivity (Wildman–Crippen MR) is 125 cm³/mol. The molecule has 1 unspecified atom stereocenters. The number of aromatic nitrogens is 2. The summed E-state index contributed by atoms with van der Waals surface area (Å²) in [5.41, 5.74) is -3.47. The van der Waals surface area contributed by atoms with E-state index >= 15 is 0 Å². The fourth-order valence-corrected chi connectivity index (χ4v) is 4.04. The molecule has 3 rings (SSSR count). The van der Waals surface area contributed by atoms with E-state index in [-0.39, 0.29) is 40.5 Å². The predicted octanol–water partition coefficient (Wildman–Crippen LogP) is 4.82. The molecule has 7 nitrogen and oxygen atoms in total. The van der Waals surface area contributed by atoms with Crippen LogP contribution in [0.3, 0.4) is 0 Å². The molecule has 37 heavy (non-hydrogen) atoms. The smallest absolute Gasteiger partial charge is 0.383 e. The van der Waals surface area contributed by atoms with Crippen LogP contribution in [0.5, 0.6) is 0 Å². The molecule has 0 aliphatic rings. The molecule has 0 aliphatic heterocycles. The second-order valence-electron chi connectivity index (χ2n) is 8.57. The normalized spacial score (nSPS) is 12.9. The molecule has 1 heterocycles. The van der Waals surface area contributed by atoms with Crippen LogP contribution in [0.15, 0.2) is 36.4 Å². The van der Waals surface area contributed by atoms with Crippen molar-refractivity contribution in [2.45, 2.75) is 38.2 Å². The number of imidazole rings is 1. The van der Waals surface area contributed by atoms with Crippen molar-refractivity contribution in [3.63, 3.8) is 0 Å². The highest BCUT2D eigenvalue weighted by Crippen LogP contribution is 2.36. The van der Waals surface area contributed by atoms with Crippen LogP contribution in [0, 0.1) is 11.6 Å². The maximum absolute atomic E-state index is 14.1. The van der Waals surface area contributed by atoms with Gasteiger partial charge in [0.05, 0.1) is 23.8 Å². The SMILES string of the molecule is CNC(c1cc(F)ccc1Cl)c1c(NC(=O)c2cc(F)cc(C(F)(F)F)c2)nc(C(C)(C)O)n1CC=O. The van der Waals surface area contributed by atoms with Gasteiger partial charge in [0.1, 0.15) is 29.3 Å². The highest BCUT2D eigenvalue weighted by Gasteiger charge is 2.34. The Bertz CT molecular complexity index is 1340. The van der Waals surface area contributed by atoms with Crippen LogP contribution in [0.2, 0.25) is 5.02 Å². The highest BCUT2D eigenvalue weighted by atomic mass is 35.5. The number of carbonyl (C=O) groups excluding carboxylic acids is 2. The van der Waals surface area contributed by atoms with Gasteiger partial charge in [0.25, 0.3) is 5.91 Å². The quantitative estimate of drug-likeness (QED) is 0.279. The lowest BCUT2D eigenvalue weighted by Crippen LogP contribution is -2.27. The number of hydrogen-bond acceptors (Lipinski definition) is 5. The monoisotopic (exact) mass is 544 g/mol. The number of benzene rings is 2. The van der Waals surface area contributed by atoms with Gasteiger partial charge in [0.15, 0.2) is 5.82 Å². The Kier molecular flexibility index (Phi) is 8.06. The number of halogens is 6. The van der Waals surface area contributed by atoms with Crippen molar-refractivity contribution in [1.82, 2.24) is 14.9 Å². The minimum Gasteiger partial charge on any atom is -0.383 e. The average molecular weight is 545 g/mol. The van der Waals surface area contributed by atoms with Gasteiger partial charge in [-0.1, -0.05) is 11.6 Å². The summed E-state index contributed by atoms with van der Waals surface area (Å²) in [4.78, 5) is 28.7. The third-order valence-electron chi connectivity index (χ3n) is 5.36. The minimum absolute atomic E-state index is 0.0417. The van der Waals surface area contributed by atoms with Gasteiger partial charge in [-0.05, 0) is 62.9 Å². The van der Waals surface area contributed by atoms with E-state index in [2.05, 4.69) is 15.6 Å². The Labute approximate surface area is 213 Å². The molecule has 198 valence electrons. The maximum atomic E-state index is 14.1. The number of carbonyl (C=O) groups is 2. The van der Waals surface area contributed by atoms with Gasteiger partial charge in [0.2, 0.25) is 0 Å². The zero-order valence-electron chi connectivity index (χ0n) is 19.8. The van der Waals surface area contributed by atoms with Crippen molar-refractivity contribution < 1.29 is 36.6 Å². The molecule has 13 heteroatoms. The summed E-state index contributed by atoms with van der Waals surface area (Å²) in [6.45, 7) is 2.36. The van der Waals surface area contributed by atoms with E-state index in [4.69, 9.17) is 11.6 Å². The zero-order valence-corrected chi connectivity index (χ0v) is 20.5. The summed E-state index contributed by atoms with van der Waals surface area (Å²) in [5, 5.41) is 16.0. The number of hydrogen-bond donors (Lipinski definition) is 3. The molecule has 3 aromatic rings. The largest absolute Gasteiger partial charge is 0.416 e. The van der Waals surface area contributed by atoms with E-state index in [9.17, 15) is 36.6 Å². The van der Waals surface area contributed by atoms with E-state index in [0.717, 1.165) is 12.1 Å². The molecular formula is C24H22ClF5N4O3. The van der Waals surface area contributed by atoms with Gasteiger partial charge in [-0.15, -0.1) is 0 Å². The van der Waals surface area contributed by atoms with Crippen molar-refractivity contribution >= 4 is 29.6 Å². The van der Waals surface area contributed by atoms with Crippen molar-refractivity contribution in [1.29, 1.82) is 0 Å². The van der Waals surface area contributed by atoms with Gasteiger partial charge >= 0.3 is 6.18 Å². The van der Waals surface area contributed by atoms with Crippen molar-refractivity contribution in [2.75, 3.05) is 12.4 Å². The average Bonchev–Trinajstić information content (AvgIpc) is 3.14. The number of aliphatic hydroxyl groups is 1. The van der Waals surface area contributed by atoms with E-state index in [1.807, 2.05) is 0 Å². The lowest BCUT2D eigenvalue weighted by Gasteiger charge is -2.23. The van der Waals surface area contributed by atoms with Gasteiger partial charge in [-0.3, -0.25) is 4.79 Å². The van der Waals surface area contributed by atoms with Gasteiger partial charge in [-0.25, -0.2) is 13.8 Å². The third-order valence-corrected chi connectivity index (χ3v) is 5.71. The van der Waals surface area contributed by atoms with Gasteiger partial charge < -0.3 is 25.1 Å². The number of aldehydes is 1. The molecule has 0 bridgehead atoms. The first-order valence-electron chi connectivity index (χ1n) is 10.8. The molecule has 0 radical (unpaired) electrons. The van der Waals surface area contributed by atoms with Crippen molar-refractivity contribution in [3.05, 3.63) is 81.3 Å². The zero-order chi connectivity index (χ0) is 27.7. The summed E-state index contributed by atoms with van der Waals surface area (Å²) in [6.07, 6.45) is -4.42. The molecule has 1 amide bonds. The Morgan fingerprint density at radius 2 is 1.84 bits per heavy atom. The number of nitrogens with one attached hydrogen (secondary N) is 2. The molecule has 0 aliphatic carbocycles. The first-order valence-corrected chi connectivity index (χ1v) is 11.1. The summed E-state index contributed by atoms with van der Waals surface area (Å²) in [7, 11) is 1.47. The van der Waals surface area contributed by atoms with Crippen molar-refractivity contribution in [3.8, 4) is 0 Å². The highest BCUT2D eigenvalue weighted by molar-refractivity contribution is 6.31. The Morgan fingerprint density at radius 3 is 2.41 bits per heavy atom. The molecule has 0 fully saturated rings. The van der Waals surface area contributed by atoms with E-state index in [0.29, 0.717) is 18.4 Å². The molecule has 1 atom stereocenters. The van der Waals surface area contributed by atoms with E-state index in [1.54, 1.807) is 0 Å². The number of anilines is 1. The lowest BCUT2D eigenvalue weighted by molar-refractivity contribution is -0.137. The summed E-state index contributed by atoms with van der Waals surface area (Å²) in [5.74, 6) is -3.45. The van der Waals surface area contributed by atoms with E-state index < -0.39 is 46.5 Å². The second-order valence-corrected chi connectivity index (χ2v) is 8.98. The number of rotatable bonds is 8. The summed E-state index contributed by atoms with van der Waals surface area (Å²) >= 11 is 6.29. The maximum Gasteiger partial charge on any atom is 0.416 e. The van der Waals surface area contributed by atoms with Crippen LogP contribution in [-0.2, 0) is 23.1 Å². The number of nitrogens with zero attached hydrogens (tertiary/aromatic N) is 2. The minimum atomic E-state index is -4.91. The van der Waals surface area contributed by atoms with Gasteiger partial charge in [-0.2, -0.15) is 13.2 Å².